The molecule has 34 heavy (non-hydrogen) atoms. The van der Waals surface area contributed by atoms with Gasteiger partial charge < -0.3 is 14.4 Å². The van der Waals surface area contributed by atoms with Crippen LogP contribution in [0.1, 0.15) is 16.7 Å². The monoisotopic (exact) mass is 472 g/mol. The van der Waals surface area contributed by atoms with E-state index < -0.39 is 11.1 Å². The Labute approximate surface area is 200 Å². The quantitative estimate of drug-likeness (QED) is 0.531. The maximum atomic E-state index is 12.7. The van der Waals surface area contributed by atoms with Crippen LogP contribution in [0.5, 0.6) is 11.5 Å². The highest BCUT2D eigenvalue weighted by Crippen LogP contribution is 2.36. The second-order valence-electron chi connectivity index (χ2n) is 7.77. The highest BCUT2D eigenvalue weighted by molar-refractivity contribution is 8.18. The summed E-state index contributed by atoms with van der Waals surface area (Å²) in [5, 5.41) is 1.84. The third kappa shape index (κ3) is 4.82. The zero-order valence-corrected chi connectivity index (χ0v) is 18.8. The minimum Gasteiger partial charge on any atom is -0.489 e. The standard InChI is InChI=1S/C26H20N2O5S/c29-24-16-33-22-11-8-19(13-23-25(30)27-26(31)34-23)12-21(22)28(24)14-17-6-9-20(10-7-17)32-15-18-4-2-1-3-5-18/h1-13H,14-16H2,(H,27,30,31)/b23-13-. The van der Waals surface area contributed by atoms with Crippen molar-refractivity contribution in [2.24, 2.45) is 0 Å². The predicted molar refractivity (Wildman–Crippen MR) is 129 cm³/mol. The number of ether oxygens (including phenoxy) is 2. The number of anilines is 1. The first kappa shape index (κ1) is 21.8. The number of fused-ring (bicyclic) bond motifs is 1. The van der Waals surface area contributed by atoms with Crippen molar-refractivity contribution in [2.45, 2.75) is 13.2 Å². The Balaban J connectivity index is 1.32. The van der Waals surface area contributed by atoms with Crippen LogP contribution >= 0.6 is 11.8 Å². The molecular formula is C26H20N2O5S. The van der Waals surface area contributed by atoms with Gasteiger partial charge in [-0.25, -0.2) is 0 Å². The van der Waals surface area contributed by atoms with Gasteiger partial charge in [0.1, 0.15) is 18.1 Å². The van der Waals surface area contributed by atoms with Gasteiger partial charge in [-0.2, -0.15) is 0 Å². The fraction of sp³-hybridized carbons (Fsp3) is 0.115. The minimum atomic E-state index is -0.425. The lowest BCUT2D eigenvalue weighted by molar-refractivity contribution is -0.121. The van der Waals surface area contributed by atoms with Crippen LogP contribution in [-0.4, -0.2) is 23.7 Å². The number of rotatable bonds is 6. The number of hydrogen-bond donors (Lipinski definition) is 1. The molecular weight excluding hydrogens is 452 g/mol. The Kier molecular flexibility index (Phi) is 6.05. The van der Waals surface area contributed by atoms with Gasteiger partial charge in [-0.3, -0.25) is 19.7 Å². The molecule has 2 aliphatic rings. The van der Waals surface area contributed by atoms with Gasteiger partial charge in [0.25, 0.3) is 17.1 Å². The van der Waals surface area contributed by atoms with E-state index in [1.54, 1.807) is 29.2 Å². The van der Waals surface area contributed by atoms with Gasteiger partial charge in [0, 0.05) is 0 Å². The molecule has 0 bridgehead atoms. The smallest absolute Gasteiger partial charge is 0.290 e. The van der Waals surface area contributed by atoms with Crippen molar-refractivity contribution in [1.82, 2.24) is 5.32 Å². The summed E-state index contributed by atoms with van der Waals surface area (Å²) < 4.78 is 11.4. The SMILES string of the molecule is O=C1NC(=O)/C(=C/c2ccc3c(c2)N(Cc2ccc(OCc4ccccc4)cc2)C(=O)CO3)S1. The number of amides is 3. The van der Waals surface area contributed by atoms with Crippen molar-refractivity contribution in [3.8, 4) is 11.5 Å². The van der Waals surface area contributed by atoms with Crippen molar-refractivity contribution < 1.29 is 23.9 Å². The summed E-state index contributed by atoms with van der Waals surface area (Å²) in [5.41, 5.74) is 3.34. The molecule has 0 unspecified atom stereocenters. The lowest BCUT2D eigenvalue weighted by Gasteiger charge is -2.30. The summed E-state index contributed by atoms with van der Waals surface area (Å²) in [6.45, 7) is 0.802. The molecule has 7 nitrogen and oxygen atoms in total. The summed E-state index contributed by atoms with van der Waals surface area (Å²) in [4.78, 5) is 38.0. The summed E-state index contributed by atoms with van der Waals surface area (Å²) in [6.07, 6.45) is 1.63. The molecule has 1 saturated heterocycles. The van der Waals surface area contributed by atoms with E-state index in [-0.39, 0.29) is 12.5 Å². The molecule has 5 rings (SSSR count). The Morgan fingerprint density at radius 2 is 1.76 bits per heavy atom. The second kappa shape index (κ2) is 9.44. The van der Waals surface area contributed by atoms with E-state index >= 15 is 0 Å². The van der Waals surface area contributed by atoms with Crippen LogP contribution in [0, 0.1) is 0 Å². The molecule has 0 aliphatic carbocycles. The number of benzene rings is 3. The zero-order chi connectivity index (χ0) is 23.5. The number of nitrogens with one attached hydrogen (secondary N) is 1. The molecule has 3 aromatic rings. The van der Waals surface area contributed by atoms with Crippen molar-refractivity contribution in [1.29, 1.82) is 0 Å². The van der Waals surface area contributed by atoms with E-state index in [9.17, 15) is 14.4 Å². The Bertz CT molecular complexity index is 1290. The highest BCUT2D eigenvalue weighted by Gasteiger charge is 2.27. The molecule has 3 aromatic carbocycles. The molecule has 2 aliphatic heterocycles. The zero-order valence-electron chi connectivity index (χ0n) is 18.0. The van der Waals surface area contributed by atoms with Gasteiger partial charge in [-0.15, -0.1) is 0 Å². The molecule has 3 amide bonds. The topological polar surface area (TPSA) is 84.9 Å². The van der Waals surface area contributed by atoms with Crippen molar-refractivity contribution in [3.05, 3.63) is 94.4 Å². The van der Waals surface area contributed by atoms with Crippen LogP contribution < -0.4 is 19.7 Å². The van der Waals surface area contributed by atoms with Gasteiger partial charge in [0.15, 0.2) is 6.61 Å². The van der Waals surface area contributed by atoms with Crippen LogP contribution in [0.4, 0.5) is 10.5 Å². The number of hydrogen-bond acceptors (Lipinski definition) is 6. The fourth-order valence-electron chi connectivity index (χ4n) is 3.67. The van der Waals surface area contributed by atoms with Crippen molar-refractivity contribution in [3.63, 3.8) is 0 Å². The minimum absolute atomic E-state index is 0.0432. The van der Waals surface area contributed by atoms with Crippen LogP contribution in [-0.2, 0) is 22.7 Å². The molecule has 170 valence electrons. The third-order valence-electron chi connectivity index (χ3n) is 5.38. The molecule has 0 radical (unpaired) electrons. The van der Waals surface area contributed by atoms with Gasteiger partial charge >= 0.3 is 0 Å². The van der Waals surface area contributed by atoms with E-state index in [0.29, 0.717) is 35.1 Å². The number of carbonyl (C=O) groups excluding carboxylic acids is 3. The first-order valence-electron chi connectivity index (χ1n) is 10.6. The van der Waals surface area contributed by atoms with E-state index in [2.05, 4.69) is 5.32 Å². The lowest BCUT2D eigenvalue weighted by Crippen LogP contribution is -2.38. The van der Waals surface area contributed by atoms with E-state index in [1.165, 1.54) is 0 Å². The van der Waals surface area contributed by atoms with Gasteiger partial charge in [-0.1, -0.05) is 48.5 Å². The van der Waals surface area contributed by atoms with E-state index in [0.717, 1.165) is 28.6 Å². The Morgan fingerprint density at radius 1 is 0.971 bits per heavy atom. The molecule has 0 saturated carbocycles. The van der Waals surface area contributed by atoms with Crippen molar-refractivity contribution >= 4 is 40.6 Å². The average molecular weight is 473 g/mol. The molecule has 2 heterocycles. The maximum Gasteiger partial charge on any atom is 0.290 e. The number of imide groups is 1. The third-order valence-corrected chi connectivity index (χ3v) is 6.19. The molecule has 0 atom stereocenters. The Morgan fingerprint density at radius 3 is 2.50 bits per heavy atom. The maximum absolute atomic E-state index is 12.7. The largest absolute Gasteiger partial charge is 0.489 e. The summed E-state index contributed by atoms with van der Waals surface area (Å²) >= 11 is 0.852. The highest BCUT2D eigenvalue weighted by atomic mass is 32.2. The predicted octanol–water partition coefficient (Wildman–Crippen LogP) is 4.52. The van der Waals surface area contributed by atoms with Gasteiger partial charge in [0.05, 0.1) is 17.1 Å². The van der Waals surface area contributed by atoms with Crippen LogP contribution in [0.15, 0.2) is 77.7 Å². The number of carbonyl (C=O) groups is 3. The van der Waals surface area contributed by atoms with Crippen LogP contribution in [0.25, 0.3) is 6.08 Å². The molecule has 1 N–H and O–H groups in total. The summed E-state index contributed by atoms with van der Waals surface area (Å²) in [6, 6.07) is 22.9. The summed E-state index contributed by atoms with van der Waals surface area (Å²) in [7, 11) is 0. The van der Waals surface area contributed by atoms with Gasteiger partial charge in [-0.05, 0) is 58.8 Å². The van der Waals surface area contributed by atoms with Crippen LogP contribution in [0.2, 0.25) is 0 Å². The molecule has 0 aromatic heterocycles. The molecule has 0 spiro atoms. The van der Waals surface area contributed by atoms with Crippen molar-refractivity contribution in [2.75, 3.05) is 11.5 Å². The van der Waals surface area contributed by atoms with E-state index in [4.69, 9.17) is 9.47 Å². The lowest BCUT2D eigenvalue weighted by atomic mass is 10.1. The van der Waals surface area contributed by atoms with E-state index in [1.807, 2.05) is 54.6 Å². The second-order valence-corrected chi connectivity index (χ2v) is 8.78. The molecule has 1 fully saturated rings. The first-order chi connectivity index (χ1) is 16.5. The first-order valence-corrected chi connectivity index (χ1v) is 11.4. The number of thioether (sulfide) groups is 1. The normalized spacial score (nSPS) is 16.3. The fourth-order valence-corrected chi connectivity index (χ4v) is 4.35. The van der Waals surface area contributed by atoms with Crippen LogP contribution in [0.3, 0.4) is 0 Å². The molecule has 8 heteroatoms. The Hall–Kier alpha value is -4.04. The summed E-state index contributed by atoms with van der Waals surface area (Å²) in [5.74, 6) is 0.748. The van der Waals surface area contributed by atoms with Gasteiger partial charge in [0.2, 0.25) is 0 Å². The average Bonchev–Trinajstić information content (AvgIpc) is 3.17. The number of nitrogens with zero attached hydrogens (tertiary/aromatic N) is 1.